The van der Waals surface area contributed by atoms with Gasteiger partial charge < -0.3 is 9.13 Å². The van der Waals surface area contributed by atoms with Gasteiger partial charge in [-0.3, -0.25) is 0 Å². The van der Waals surface area contributed by atoms with Crippen molar-refractivity contribution < 1.29 is 13.2 Å². The average molecular weight is 809 g/mol. The van der Waals surface area contributed by atoms with Crippen LogP contribution in [-0.4, -0.2) is 9.13 Å². The molecule has 0 aliphatic carbocycles. The van der Waals surface area contributed by atoms with Gasteiger partial charge >= 0.3 is 6.18 Å². The summed E-state index contributed by atoms with van der Waals surface area (Å²) in [6, 6.07) is 68.2. The molecule has 298 valence electrons. The van der Waals surface area contributed by atoms with Crippen molar-refractivity contribution in [1.82, 2.24) is 9.13 Å². The molecule has 12 rings (SSSR count). The molecule has 10 aromatic carbocycles. The summed E-state index contributed by atoms with van der Waals surface area (Å²) in [5.74, 6) is 0. The van der Waals surface area contributed by atoms with Crippen molar-refractivity contribution in [3.63, 3.8) is 0 Å². The van der Waals surface area contributed by atoms with Gasteiger partial charge in [-0.1, -0.05) is 141 Å². The quantitative estimate of drug-likeness (QED) is 0.157. The molecule has 0 fully saturated rings. The maximum Gasteiger partial charge on any atom is 0.416 e. The third-order valence-electron chi connectivity index (χ3n) is 12.3. The lowest BCUT2D eigenvalue weighted by Gasteiger charge is -2.14. The fraction of sp³-hybridized carbons (Fsp3) is 0.0526. The van der Waals surface area contributed by atoms with Gasteiger partial charge in [-0.25, -0.2) is 0 Å². The number of halogens is 3. The van der Waals surface area contributed by atoms with E-state index in [4.69, 9.17) is 0 Å². The van der Waals surface area contributed by atoms with Crippen LogP contribution in [0, 0.1) is 0 Å². The maximum absolute atomic E-state index is 13.4. The summed E-state index contributed by atoms with van der Waals surface area (Å²) in [6.45, 7) is 4.00. The summed E-state index contributed by atoms with van der Waals surface area (Å²) in [6.07, 6.45) is -4.39. The molecule has 0 amide bonds. The molecule has 0 spiro atoms. The van der Waals surface area contributed by atoms with Gasteiger partial charge in [-0.2, -0.15) is 13.2 Å². The average Bonchev–Trinajstić information content (AvgIpc) is 3.84. The smallest absolute Gasteiger partial charge is 0.309 e. The maximum atomic E-state index is 13.4. The van der Waals surface area contributed by atoms with Crippen molar-refractivity contribution in [1.29, 1.82) is 0 Å². The van der Waals surface area contributed by atoms with Gasteiger partial charge in [0.2, 0.25) is 0 Å². The highest BCUT2D eigenvalue weighted by Crippen LogP contribution is 2.41. The molecule has 2 heterocycles. The van der Waals surface area contributed by atoms with E-state index in [0.29, 0.717) is 5.69 Å². The normalized spacial score (nSPS) is 12.0. The second-order valence-corrected chi connectivity index (χ2v) is 15.6. The van der Waals surface area contributed by atoms with E-state index in [1.807, 2.05) is 36.6 Å². The van der Waals surface area contributed by atoms with E-state index in [-0.39, 0.29) is 0 Å². The van der Waals surface area contributed by atoms with Gasteiger partial charge in [0.25, 0.3) is 0 Å². The van der Waals surface area contributed by atoms with Gasteiger partial charge in [0, 0.05) is 32.9 Å². The van der Waals surface area contributed by atoms with Crippen LogP contribution in [0.25, 0.3) is 110 Å². The van der Waals surface area contributed by atoms with Crippen molar-refractivity contribution >= 4 is 75.9 Å². The van der Waals surface area contributed by atoms with Crippen LogP contribution in [0.3, 0.4) is 0 Å². The summed E-state index contributed by atoms with van der Waals surface area (Å²) in [4.78, 5) is 0. The van der Waals surface area contributed by atoms with Crippen molar-refractivity contribution in [3.8, 4) is 33.6 Å². The Balaban J connectivity index is 0.00000213. The van der Waals surface area contributed by atoms with E-state index in [0.717, 1.165) is 67.4 Å². The summed E-state index contributed by atoms with van der Waals surface area (Å²) < 4.78 is 44.6. The SMILES string of the molecule is CC.FC(F)(F)c1ccc(-n2c3ccccc3c3cc(-c4ccc(-c5ccc6c(c5)c5ccccc5n6-c5ccc6c7ccccc7c7ccccc7c6c5)cc4)ccc32)cc1. The zero-order valence-electron chi connectivity index (χ0n) is 34.1. The molecule has 0 saturated carbocycles. The van der Waals surface area contributed by atoms with Gasteiger partial charge in [0.1, 0.15) is 0 Å². The molecule has 0 atom stereocenters. The lowest BCUT2D eigenvalue weighted by Crippen LogP contribution is -2.05. The first-order chi connectivity index (χ1) is 30.4. The molecule has 2 nitrogen and oxygen atoms in total. The number of hydrogen-bond acceptors (Lipinski definition) is 0. The summed E-state index contributed by atoms with van der Waals surface area (Å²) in [5, 5.41) is 12.0. The lowest BCUT2D eigenvalue weighted by molar-refractivity contribution is -0.137. The standard InChI is InChI=1S/C55H33F3N2.C2H6/c56-55(57,58)38-23-25-39(26-24-38)59-51-15-7-5-13-46(51)49-31-36(21-29-53(49)59)34-17-19-35(20-18-34)37-22-30-54-50(32-37)47-14-6-8-16-52(47)60(54)40-27-28-45-43-11-2-1-9-41(43)42-10-3-4-12-44(42)48(45)33-40;1-2/h1-33H;1-2H3. The number of rotatable bonds is 4. The molecule has 0 aliphatic heterocycles. The molecule has 62 heavy (non-hydrogen) atoms. The molecule has 2 aromatic heterocycles. The molecule has 0 unspecified atom stereocenters. The predicted octanol–water partition coefficient (Wildman–Crippen LogP) is 16.7. The Kier molecular flexibility index (Phi) is 8.76. The third kappa shape index (κ3) is 5.88. The van der Waals surface area contributed by atoms with Crippen LogP contribution < -0.4 is 0 Å². The minimum atomic E-state index is -4.39. The molecule has 0 saturated heterocycles. The predicted molar refractivity (Wildman–Crippen MR) is 255 cm³/mol. The van der Waals surface area contributed by atoms with Gasteiger partial charge in [0.15, 0.2) is 0 Å². The Hall–Kier alpha value is -7.63. The molecular formula is C57H39F3N2. The Labute approximate surface area is 356 Å². The van der Waals surface area contributed by atoms with Crippen molar-refractivity contribution in [2.24, 2.45) is 0 Å². The first-order valence-electron chi connectivity index (χ1n) is 21.1. The first kappa shape index (κ1) is 37.4. The molecule has 12 aromatic rings. The fourth-order valence-electron chi connectivity index (χ4n) is 9.55. The van der Waals surface area contributed by atoms with Crippen LogP contribution in [-0.2, 0) is 6.18 Å². The van der Waals surface area contributed by atoms with Crippen molar-refractivity contribution in [2.75, 3.05) is 0 Å². The number of hydrogen-bond donors (Lipinski definition) is 0. The summed E-state index contributed by atoms with van der Waals surface area (Å²) in [7, 11) is 0. The Morgan fingerprint density at radius 1 is 0.290 bits per heavy atom. The Bertz CT molecular complexity index is 3650. The van der Waals surface area contributed by atoms with Gasteiger partial charge in [-0.05, 0) is 127 Å². The number of benzene rings is 10. The monoisotopic (exact) mass is 808 g/mol. The molecule has 0 bridgehead atoms. The number of aromatic nitrogens is 2. The van der Waals surface area contributed by atoms with Crippen molar-refractivity contribution in [3.05, 3.63) is 206 Å². The van der Waals surface area contributed by atoms with Crippen LogP contribution in [0.5, 0.6) is 0 Å². The van der Waals surface area contributed by atoms with Crippen molar-refractivity contribution in [2.45, 2.75) is 20.0 Å². The van der Waals surface area contributed by atoms with Gasteiger partial charge in [0.05, 0.1) is 27.6 Å². The highest BCUT2D eigenvalue weighted by Gasteiger charge is 2.30. The molecular weight excluding hydrogens is 770 g/mol. The highest BCUT2D eigenvalue weighted by atomic mass is 19.4. The molecule has 0 radical (unpaired) electrons. The van der Waals surface area contributed by atoms with Crippen LogP contribution in [0.1, 0.15) is 19.4 Å². The summed E-state index contributed by atoms with van der Waals surface area (Å²) >= 11 is 0. The first-order valence-corrected chi connectivity index (χ1v) is 21.1. The minimum absolute atomic E-state index is 0.659. The van der Waals surface area contributed by atoms with Gasteiger partial charge in [-0.15, -0.1) is 0 Å². The minimum Gasteiger partial charge on any atom is -0.309 e. The van der Waals surface area contributed by atoms with E-state index in [2.05, 4.69) is 162 Å². The third-order valence-corrected chi connectivity index (χ3v) is 12.3. The topological polar surface area (TPSA) is 9.86 Å². The number of nitrogens with zero attached hydrogens (tertiary/aromatic N) is 2. The lowest BCUT2D eigenvalue weighted by atomic mass is 9.94. The molecule has 5 heteroatoms. The zero-order chi connectivity index (χ0) is 42.1. The van der Waals surface area contributed by atoms with E-state index in [1.165, 1.54) is 48.6 Å². The Morgan fingerprint density at radius 3 is 1.11 bits per heavy atom. The van der Waals surface area contributed by atoms with E-state index >= 15 is 0 Å². The van der Waals surface area contributed by atoms with Crippen LogP contribution in [0.15, 0.2) is 200 Å². The number of fused-ring (bicyclic) bond motifs is 12. The molecule has 0 N–H and O–H groups in total. The largest absolute Gasteiger partial charge is 0.416 e. The van der Waals surface area contributed by atoms with E-state index in [9.17, 15) is 13.2 Å². The Morgan fingerprint density at radius 2 is 0.645 bits per heavy atom. The number of alkyl halides is 3. The second-order valence-electron chi connectivity index (χ2n) is 15.6. The van der Waals surface area contributed by atoms with Crippen LogP contribution in [0.4, 0.5) is 13.2 Å². The van der Waals surface area contributed by atoms with Crippen LogP contribution in [0.2, 0.25) is 0 Å². The van der Waals surface area contributed by atoms with E-state index < -0.39 is 11.7 Å². The summed E-state index contributed by atoms with van der Waals surface area (Å²) in [5.41, 5.74) is 9.78. The molecule has 0 aliphatic rings. The second kappa shape index (κ2) is 14.5. The fourth-order valence-corrected chi connectivity index (χ4v) is 9.55. The number of para-hydroxylation sites is 2. The van der Waals surface area contributed by atoms with E-state index in [1.54, 1.807) is 12.1 Å². The van der Waals surface area contributed by atoms with Crippen LogP contribution >= 0.6 is 0 Å². The zero-order valence-corrected chi connectivity index (χ0v) is 34.1. The highest BCUT2D eigenvalue weighted by molar-refractivity contribution is 6.25.